The highest BCUT2D eigenvalue weighted by Gasteiger charge is 2.29. The molecule has 1 aliphatic rings. The Hall–Kier alpha value is -1.20. The number of hydrogen-bond donors (Lipinski definition) is 1. The third-order valence-corrected chi connectivity index (χ3v) is 4.14. The van der Waals surface area contributed by atoms with Gasteiger partial charge in [-0.15, -0.1) is 0 Å². The van der Waals surface area contributed by atoms with Gasteiger partial charge in [0.1, 0.15) is 5.82 Å². The van der Waals surface area contributed by atoms with Crippen molar-refractivity contribution in [3.63, 3.8) is 0 Å². The molecule has 18 heavy (non-hydrogen) atoms. The van der Waals surface area contributed by atoms with Gasteiger partial charge in [0, 0.05) is 18.7 Å². The zero-order valence-electron chi connectivity index (χ0n) is 10.1. The molecule has 1 heterocycles. The molecule has 1 aromatic carbocycles. The first-order valence-electron chi connectivity index (χ1n) is 6.19. The van der Waals surface area contributed by atoms with E-state index in [4.69, 9.17) is 4.74 Å². The van der Waals surface area contributed by atoms with Crippen LogP contribution in [0.25, 0.3) is 10.2 Å². The third-order valence-electron chi connectivity index (χ3n) is 3.17. The van der Waals surface area contributed by atoms with E-state index in [0.29, 0.717) is 12.1 Å². The number of ether oxygens (including phenoxy) is 1. The fraction of sp³-hybridized carbons (Fsp3) is 0.462. The second-order valence-electron chi connectivity index (χ2n) is 4.52. The molecule has 5 heteroatoms. The minimum Gasteiger partial charge on any atom is -0.378 e. The van der Waals surface area contributed by atoms with E-state index in [2.05, 4.69) is 10.3 Å². The molecule has 0 bridgehead atoms. The van der Waals surface area contributed by atoms with Crippen molar-refractivity contribution in [2.75, 3.05) is 11.9 Å². The summed E-state index contributed by atoms with van der Waals surface area (Å²) < 4.78 is 19.6. The number of thiazole rings is 1. The lowest BCUT2D eigenvalue weighted by molar-refractivity contribution is 0.00299. The monoisotopic (exact) mass is 266 g/mol. The van der Waals surface area contributed by atoms with Gasteiger partial charge in [-0.1, -0.05) is 11.3 Å². The number of nitrogens with zero attached hydrogens (tertiary/aromatic N) is 1. The van der Waals surface area contributed by atoms with Gasteiger partial charge >= 0.3 is 0 Å². The van der Waals surface area contributed by atoms with Crippen molar-refractivity contribution >= 4 is 26.7 Å². The van der Waals surface area contributed by atoms with E-state index in [1.165, 1.54) is 12.1 Å². The largest absolute Gasteiger partial charge is 0.378 e. The Morgan fingerprint density at radius 1 is 1.50 bits per heavy atom. The first-order chi connectivity index (χ1) is 8.74. The van der Waals surface area contributed by atoms with E-state index >= 15 is 0 Å². The van der Waals surface area contributed by atoms with Gasteiger partial charge in [0.2, 0.25) is 0 Å². The number of rotatable bonds is 4. The lowest BCUT2D eigenvalue weighted by atomic mass is 9.89. The van der Waals surface area contributed by atoms with Crippen molar-refractivity contribution in [3.8, 4) is 0 Å². The standard InChI is InChI=1S/C13H15FN2OS/c1-2-17-10-6-9(7-10)15-13-16-11-5-8(14)3-4-12(11)18-13/h3-5,9-10H,2,6-7H2,1H3,(H,15,16). The molecule has 0 radical (unpaired) electrons. The number of fused-ring (bicyclic) bond motifs is 1. The van der Waals surface area contributed by atoms with Gasteiger partial charge in [0.05, 0.1) is 16.3 Å². The fourth-order valence-corrected chi connectivity index (χ4v) is 3.12. The maximum atomic E-state index is 13.0. The first kappa shape index (κ1) is 11.9. The molecular formula is C13H15FN2OS. The molecule has 0 aliphatic heterocycles. The Bertz CT molecular complexity index is 551. The van der Waals surface area contributed by atoms with Crippen LogP contribution in [0.3, 0.4) is 0 Å². The fourth-order valence-electron chi connectivity index (χ4n) is 2.19. The highest BCUT2D eigenvalue weighted by Crippen LogP contribution is 2.31. The van der Waals surface area contributed by atoms with Crippen molar-refractivity contribution < 1.29 is 9.13 Å². The summed E-state index contributed by atoms with van der Waals surface area (Å²) in [7, 11) is 0. The van der Waals surface area contributed by atoms with E-state index in [-0.39, 0.29) is 5.82 Å². The normalized spacial score (nSPS) is 23.0. The van der Waals surface area contributed by atoms with Crippen LogP contribution in [0.15, 0.2) is 18.2 Å². The third kappa shape index (κ3) is 2.33. The highest BCUT2D eigenvalue weighted by molar-refractivity contribution is 7.22. The van der Waals surface area contributed by atoms with Gasteiger partial charge in [-0.05, 0) is 31.9 Å². The predicted octanol–water partition coefficient (Wildman–Crippen LogP) is 3.41. The van der Waals surface area contributed by atoms with Crippen LogP contribution in [0, 0.1) is 5.82 Å². The molecule has 0 spiro atoms. The van der Waals surface area contributed by atoms with Crippen LogP contribution in [-0.2, 0) is 4.74 Å². The summed E-state index contributed by atoms with van der Waals surface area (Å²) >= 11 is 1.57. The summed E-state index contributed by atoms with van der Waals surface area (Å²) in [4.78, 5) is 4.39. The van der Waals surface area contributed by atoms with Crippen LogP contribution in [0.4, 0.5) is 9.52 Å². The number of nitrogens with one attached hydrogen (secondary N) is 1. The minimum atomic E-state index is -0.237. The number of benzene rings is 1. The van der Waals surface area contributed by atoms with Crippen LogP contribution in [-0.4, -0.2) is 23.7 Å². The second-order valence-corrected chi connectivity index (χ2v) is 5.55. The maximum absolute atomic E-state index is 13.0. The van der Waals surface area contributed by atoms with Crippen molar-refractivity contribution in [1.82, 2.24) is 4.98 Å². The summed E-state index contributed by atoms with van der Waals surface area (Å²) in [6.07, 6.45) is 2.44. The SMILES string of the molecule is CCOC1CC(Nc2nc3cc(F)ccc3s2)C1. The summed E-state index contributed by atoms with van der Waals surface area (Å²) in [6.45, 7) is 2.79. The molecule has 1 fully saturated rings. The van der Waals surface area contributed by atoms with Gasteiger partial charge < -0.3 is 10.1 Å². The quantitative estimate of drug-likeness (QED) is 0.920. The van der Waals surface area contributed by atoms with Crippen LogP contribution in [0.1, 0.15) is 19.8 Å². The molecule has 1 aromatic heterocycles. The summed E-state index contributed by atoms with van der Waals surface area (Å²) in [5.74, 6) is -0.237. The summed E-state index contributed by atoms with van der Waals surface area (Å²) in [6, 6.07) is 5.16. The number of halogens is 1. The van der Waals surface area contributed by atoms with Gasteiger partial charge in [-0.2, -0.15) is 0 Å². The molecule has 0 atom stereocenters. The van der Waals surface area contributed by atoms with Gasteiger partial charge in [0.25, 0.3) is 0 Å². The number of aromatic nitrogens is 1. The van der Waals surface area contributed by atoms with Gasteiger partial charge in [0.15, 0.2) is 5.13 Å². The molecule has 2 aromatic rings. The molecule has 0 amide bonds. The average molecular weight is 266 g/mol. The zero-order valence-corrected chi connectivity index (χ0v) is 11.0. The minimum absolute atomic E-state index is 0.237. The molecule has 3 nitrogen and oxygen atoms in total. The number of hydrogen-bond acceptors (Lipinski definition) is 4. The van der Waals surface area contributed by atoms with Crippen LogP contribution >= 0.6 is 11.3 Å². The Balaban J connectivity index is 1.65. The van der Waals surface area contributed by atoms with E-state index in [1.807, 2.05) is 6.92 Å². The lowest BCUT2D eigenvalue weighted by Crippen LogP contribution is -2.40. The Morgan fingerprint density at radius 2 is 2.33 bits per heavy atom. The molecule has 96 valence electrons. The average Bonchev–Trinajstić information content (AvgIpc) is 2.68. The van der Waals surface area contributed by atoms with Crippen LogP contribution in [0.5, 0.6) is 0 Å². The predicted molar refractivity (Wildman–Crippen MR) is 71.6 cm³/mol. The van der Waals surface area contributed by atoms with Crippen molar-refractivity contribution in [2.24, 2.45) is 0 Å². The van der Waals surface area contributed by atoms with Gasteiger partial charge in [-0.3, -0.25) is 0 Å². The number of anilines is 1. The van der Waals surface area contributed by atoms with Crippen molar-refractivity contribution in [3.05, 3.63) is 24.0 Å². The summed E-state index contributed by atoms with van der Waals surface area (Å²) in [5, 5.41) is 4.25. The van der Waals surface area contributed by atoms with E-state index in [1.54, 1.807) is 17.4 Å². The topological polar surface area (TPSA) is 34.1 Å². The molecule has 1 aliphatic carbocycles. The Kier molecular flexibility index (Phi) is 3.18. The van der Waals surface area contributed by atoms with E-state index < -0.39 is 0 Å². The first-order valence-corrected chi connectivity index (χ1v) is 7.00. The molecule has 0 unspecified atom stereocenters. The Morgan fingerprint density at radius 3 is 3.11 bits per heavy atom. The Labute approximate surface area is 109 Å². The van der Waals surface area contributed by atoms with Crippen molar-refractivity contribution in [2.45, 2.75) is 31.9 Å². The highest BCUT2D eigenvalue weighted by atomic mass is 32.1. The molecular weight excluding hydrogens is 251 g/mol. The van der Waals surface area contributed by atoms with Crippen molar-refractivity contribution in [1.29, 1.82) is 0 Å². The molecule has 3 rings (SSSR count). The molecule has 1 N–H and O–H groups in total. The molecule has 1 saturated carbocycles. The van der Waals surface area contributed by atoms with Crippen LogP contribution < -0.4 is 5.32 Å². The lowest BCUT2D eigenvalue weighted by Gasteiger charge is -2.35. The smallest absolute Gasteiger partial charge is 0.184 e. The molecule has 0 saturated heterocycles. The van der Waals surface area contributed by atoms with Gasteiger partial charge in [-0.25, -0.2) is 9.37 Å². The summed E-state index contributed by atoms with van der Waals surface area (Å²) in [5.41, 5.74) is 0.725. The van der Waals surface area contributed by atoms with E-state index in [9.17, 15) is 4.39 Å². The van der Waals surface area contributed by atoms with E-state index in [0.717, 1.165) is 34.8 Å². The second kappa shape index (κ2) is 4.82. The zero-order chi connectivity index (χ0) is 12.5. The maximum Gasteiger partial charge on any atom is 0.184 e. The van der Waals surface area contributed by atoms with Crippen LogP contribution in [0.2, 0.25) is 0 Å².